The lowest BCUT2D eigenvalue weighted by atomic mass is 9.88. The molecule has 0 aliphatic heterocycles. The van der Waals surface area contributed by atoms with E-state index in [2.05, 4.69) is 6.58 Å². The van der Waals surface area contributed by atoms with E-state index in [-0.39, 0.29) is 31.0 Å². The minimum atomic E-state index is -3.08. The van der Waals surface area contributed by atoms with Crippen LogP contribution >= 0.6 is 12.4 Å². The monoisotopic (exact) mass is 487 g/mol. The van der Waals surface area contributed by atoms with E-state index in [0.717, 1.165) is 25.3 Å². The molecule has 182 valence electrons. The molecule has 3 nitrogen and oxygen atoms in total. The molecule has 0 unspecified atom stereocenters. The number of hydrogen-bond donors (Lipinski definition) is 1. The molecule has 8 heteroatoms. The molecular weight excluding hydrogens is 458 g/mol. The summed E-state index contributed by atoms with van der Waals surface area (Å²) in [6, 6.07) is 3.97. The Balaban J connectivity index is 0.00000544. The van der Waals surface area contributed by atoms with E-state index in [1.54, 1.807) is 19.9 Å². The molecule has 0 bridgehead atoms. The molecule has 0 saturated heterocycles. The predicted octanol–water partition coefficient (Wildman–Crippen LogP) is 7.15. The molecule has 33 heavy (non-hydrogen) atoms. The molecule has 0 aliphatic rings. The lowest BCUT2D eigenvalue weighted by molar-refractivity contribution is -0.143. The number of carbonyl (C=O) groups is 1. The third-order valence-corrected chi connectivity index (χ3v) is 5.23. The van der Waals surface area contributed by atoms with Crippen LogP contribution in [0.3, 0.4) is 0 Å². The van der Waals surface area contributed by atoms with Crippen molar-refractivity contribution in [2.24, 2.45) is 5.73 Å². The summed E-state index contributed by atoms with van der Waals surface area (Å²) in [4.78, 5) is 11.8. The number of halogens is 5. The molecular formula is C25H30ClF4NO2. The minimum Gasteiger partial charge on any atom is -0.466 e. The van der Waals surface area contributed by atoms with E-state index in [1.807, 2.05) is 0 Å². The minimum absolute atomic E-state index is 0. The average molecular weight is 488 g/mol. The third-order valence-electron chi connectivity index (χ3n) is 5.23. The fourth-order valence-corrected chi connectivity index (χ4v) is 3.78. The quantitative estimate of drug-likeness (QED) is 0.158. The van der Waals surface area contributed by atoms with Gasteiger partial charge in [0.15, 0.2) is 0 Å². The third kappa shape index (κ3) is 7.57. The first-order chi connectivity index (χ1) is 15.2. The van der Waals surface area contributed by atoms with Crippen LogP contribution in [-0.4, -0.2) is 12.6 Å². The number of allylic oxidation sites excluding steroid dienone is 1. The zero-order chi connectivity index (χ0) is 23.8. The van der Waals surface area contributed by atoms with E-state index in [9.17, 15) is 22.4 Å². The van der Waals surface area contributed by atoms with Gasteiger partial charge in [-0.15, -0.1) is 19.0 Å². The Bertz CT molecular complexity index is 966. The molecule has 2 aromatic rings. The largest absolute Gasteiger partial charge is 0.466 e. The maximum atomic E-state index is 14.9. The molecule has 0 aliphatic carbocycles. The molecule has 2 rings (SSSR count). The first-order valence-electron chi connectivity index (χ1n) is 10.6. The zero-order valence-corrected chi connectivity index (χ0v) is 19.6. The number of esters is 1. The molecule has 2 N–H and O–H groups in total. The number of benzene rings is 2. The van der Waals surface area contributed by atoms with Gasteiger partial charge in [-0.25, -0.2) is 17.6 Å². The molecule has 0 spiro atoms. The summed E-state index contributed by atoms with van der Waals surface area (Å²) in [7, 11) is 0. The second-order valence-electron chi connectivity index (χ2n) is 7.68. The molecule has 2 aromatic carbocycles. The van der Waals surface area contributed by atoms with Crippen molar-refractivity contribution in [3.8, 4) is 11.1 Å². The Labute approximate surface area is 198 Å². The second-order valence-corrected chi connectivity index (χ2v) is 7.68. The lowest BCUT2D eigenvalue weighted by Crippen LogP contribution is -2.19. The summed E-state index contributed by atoms with van der Waals surface area (Å²) in [5.74, 6) is -2.22. The standard InChI is InChI=1S/C25H29F4NO2.ClH/c1-4-6-7-8-9-16-11-18(26)10-15(3)23(16)17-12-19(21(30)14-22(31)32-5-2)24(27)20(13-17)25(28)29;/h4,10-13,21,25H,1,5-9,14,30H2,2-3H3;1H/t21-;/m0./s1. The Morgan fingerprint density at radius 3 is 2.42 bits per heavy atom. The topological polar surface area (TPSA) is 52.3 Å². The summed E-state index contributed by atoms with van der Waals surface area (Å²) < 4.78 is 61.2. The lowest BCUT2D eigenvalue weighted by Gasteiger charge is -2.19. The van der Waals surface area contributed by atoms with Crippen molar-refractivity contribution in [2.45, 2.75) is 58.4 Å². The Morgan fingerprint density at radius 2 is 1.82 bits per heavy atom. The van der Waals surface area contributed by atoms with Gasteiger partial charge in [-0.3, -0.25) is 4.79 Å². The molecule has 0 radical (unpaired) electrons. The summed E-state index contributed by atoms with van der Waals surface area (Å²) in [5.41, 5.74) is 7.06. The number of alkyl halides is 2. The molecule has 0 saturated carbocycles. The van der Waals surface area contributed by atoms with Gasteiger partial charge in [-0.05, 0) is 86.1 Å². The van der Waals surface area contributed by atoms with Crippen LogP contribution in [0.2, 0.25) is 0 Å². The highest BCUT2D eigenvalue weighted by Gasteiger charge is 2.25. The zero-order valence-electron chi connectivity index (χ0n) is 18.8. The maximum absolute atomic E-state index is 14.9. The normalized spacial score (nSPS) is 11.8. The first-order valence-corrected chi connectivity index (χ1v) is 10.6. The van der Waals surface area contributed by atoms with Crippen molar-refractivity contribution in [2.75, 3.05) is 6.61 Å². The van der Waals surface area contributed by atoms with Crippen LogP contribution in [0.1, 0.15) is 67.3 Å². The number of ether oxygens (including phenoxy) is 1. The number of carbonyl (C=O) groups excluding carboxylic acids is 1. The van der Waals surface area contributed by atoms with Gasteiger partial charge >= 0.3 is 5.97 Å². The molecule has 0 fully saturated rings. The van der Waals surface area contributed by atoms with Gasteiger partial charge in [-0.1, -0.05) is 6.08 Å². The SMILES string of the molecule is C=CCCCCc1cc(F)cc(C)c1-c1cc(C(F)F)c(F)c([C@@H](N)CC(=O)OCC)c1.Cl. The number of aryl methyl sites for hydroxylation is 2. The summed E-state index contributed by atoms with van der Waals surface area (Å²) in [6.07, 6.45) is 1.29. The highest BCUT2D eigenvalue weighted by molar-refractivity contribution is 5.85. The van der Waals surface area contributed by atoms with Crippen LogP contribution < -0.4 is 5.73 Å². The van der Waals surface area contributed by atoms with Crippen LogP contribution in [0.15, 0.2) is 36.9 Å². The van der Waals surface area contributed by atoms with Crippen LogP contribution in [0.5, 0.6) is 0 Å². The molecule has 0 aromatic heterocycles. The van der Waals surface area contributed by atoms with E-state index < -0.39 is 35.6 Å². The van der Waals surface area contributed by atoms with Gasteiger partial charge < -0.3 is 10.5 Å². The molecule has 0 heterocycles. The van der Waals surface area contributed by atoms with Gasteiger partial charge in [-0.2, -0.15) is 0 Å². The van der Waals surface area contributed by atoms with Gasteiger partial charge in [0.1, 0.15) is 11.6 Å². The Kier molecular flexibility index (Phi) is 11.6. The highest BCUT2D eigenvalue weighted by Crippen LogP contribution is 2.37. The van der Waals surface area contributed by atoms with E-state index in [1.165, 1.54) is 18.2 Å². The fourth-order valence-electron chi connectivity index (χ4n) is 3.78. The predicted molar refractivity (Wildman–Crippen MR) is 125 cm³/mol. The van der Waals surface area contributed by atoms with Crippen LogP contribution in [-0.2, 0) is 16.0 Å². The van der Waals surface area contributed by atoms with Crippen molar-refractivity contribution < 1.29 is 27.1 Å². The van der Waals surface area contributed by atoms with Crippen molar-refractivity contribution in [3.63, 3.8) is 0 Å². The van der Waals surface area contributed by atoms with Crippen LogP contribution in [0.4, 0.5) is 17.6 Å². The Morgan fingerprint density at radius 1 is 1.15 bits per heavy atom. The smallest absolute Gasteiger partial charge is 0.307 e. The number of rotatable bonds is 11. The Hall–Kier alpha value is -2.38. The maximum Gasteiger partial charge on any atom is 0.307 e. The molecule has 0 amide bonds. The van der Waals surface area contributed by atoms with Crippen molar-refractivity contribution in [3.05, 3.63) is 70.8 Å². The van der Waals surface area contributed by atoms with Crippen molar-refractivity contribution >= 4 is 18.4 Å². The van der Waals surface area contributed by atoms with Gasteiger partial charge in [0.05, 0.1) is 18.6 Å². The fraction of sp³-hybridized carbons (Fsp3) is 0.400. The van der Waals surface area contributed by atoms with Crippen LogP contribution in [0.25, 0.3) is 11.1 Å². The summed E-state index contributed by atoms with van der Waals surface area (Å²) in [6.45, 7) is 7.10. The average Bonchev–Trinajstić information content (AvgIpc) is 2.71. The first kappa shape index (κ1) is 28.7. The van der Waals surface area contributed by atoms with E-state index >= 15 is 0 Å². The molecule has 1 atom stereocenters. The number of unbranched alkanes of at least 4 members (excludes halogenated alkanes) is 2. The van der Waals surface area contributed by atoms with Gasteiger partial charge in [0.25, 0.3) is 6.43 Å². The highest BCUT2D eigenvalue weighted by atomic mass is 35.5. The van der Waals surface area contributed by atoms with Crippen LogP contribution in [0, 0.1) is 18.6 Å². The second kappa shape index (κ2) is 13.4. The van der Waals surface area contributed by atoms with E-state index in [4.69, 9.17) is 10.5 Å². The number of hydrogen-bond acceptors (Lipinski definition) is 3. The summed E-state index contributed by atoms with van der Waals surface area (Å²) in [5, 5.41) is 0. The van der Waals surface area contributed by atoms with Crippen molar-refractivity contribution in [1.82, 2.24) is 0 Å². The number of nitrogens with two attached hydrogens (primary N) is 1. The summed E-state index contributed by atoms with van der Waals surface area (Å²) >= 11 is 0. The van der Waals surface area contributed by atoms with Crippen molar-refractivity contribution in [1.29, 1.82) is 0 Å². The van der Waals surface area contributed by atoms with Gasteiger partial charge in [0, 0.05) is 11.6 Å². The van der Waals surface area contributed by atoms with E-state index in [0.29, 0.717) is 28.7 Å². The van der Waals surface area contributed by atoms with Gasteiger partial charge in [0.2, 0.25) is 0 Å².